The Morgan fingerprint density at radius 3 is 2.59 bits per heavy atom. The van der Waals surface area contributed by atoms with Gasteiger partial charge >= 0.3 is 0 Å². The van der Waals surface area contributed by atoms with E-state index < -0.39 is 5.60 Å². The first kappa shape index (κ1) is 22.2. The van der Waals surface area contributed by atoms with Crippen LogP contribution in [0, 0.1) is 13.8 Å². The third-order valence-corrected chi connectivity index (χ3v) is 6.53. The van der Waals surface area contributed by atoms with Gasteiger partial charge in [-0.15, -0.1) is 0 Å². The molecule has 0 radical (unpaired) electrons. The molecule has 1 amide bonds. The van der Waals surface area contributed by atoms with Crippen molar-refractivity contribution >= 4 is 44.2 Å². The summed E-state index contributed by atoms with van der Waals surface area (Å²) >= 11 is 7.50. The first-order chi connectivity index (χ1) is 15.2. The van der Waals surface area contributed by atoms with E-state index >= 15 is 0 Å². The molecule has 164 valence electrons. The van der Waals surface area contributed by atoms with Crippen molar-refractivity contribution in [3.63, 3.8) is 0 Å². The van der Waals surface area contributed by atoms with Gasteiger partial charge in [0.25, 0.3) is 5.91 Å². The Morgan fingerprint density at radius 1 is 1.16 bits per heavy atom. The number of anilines is 1. The van der Waals surface area contributed by atoms with Gasteiger partial charge in [0.05, 0.1) is 16.8 Å². The molecule has 2 aromatic carbocycles. The van der Waals surface area contributed by atoms with Crippen LogP contribution in [0.1, 0.15) is 30.5 Å². The number of carbonyl (C=O) groups is 1. The molecule has 0 saturated heterocycles. The molecule has 0 N–H and O–H groups in total. The molecular formula is C25H24ClN3O2S. The van der Waals surface area contributed by atoms with Gasteiger partial charge in [0.1, 0.15) is 5.75 Å². The summed E-state index contributed by atoms with van der Waals surface area (Å²) in [5.74, 6) is 0.384. The Labute approximate surface area is 196 Å². The minimum Gasteiger partial charge on any atom is -0.478 e. The lowest BCUT2D eigenvalue weighted by molar-refractivity contribution is -0.131. The maximum atomic E-state index is 13.8. The maximum absolute atomic E-state index is 13.8. The van der Waals surface area contributed by atoms with Gasteiger partial charge in [0.2, 0.25) is 0 Å². The number of amides is 1. The SMILES string of the molecule is Cc1cc(C)c2sc(N(Cc3cccnc3)C(=O)C(C)(C)Oc3ccc(Cl)cc3)nc2c1. The summed E-state index contributed by atoms with van der Waals surface area (Å²) in [4.78, 5) is 24.5. The lowest BCUT2D eigenvalue weighted by Gasteiger charge is -2.31. The molecule has 5 nitrogen and oxygen atoms in total. The number of halogens is 1. The number of thiazole rings is 1. The number of pyridine rings is 1. The molecule has 0 aliphatic carbocycles. The molecule has 2 heterocycles. The number of fused-ring (bicyclic) bond motifs is 1. The zero-order chi connectivity index (χ0) is 22.9. The van der Waals surface area contributed by atoms with Crippen molar-refractivity contribution in [1.82, 2.24) is 9.97 Å². The van der Waals surface area contributed by atoms with Gasteiger partial charge in [-0.1, -0.05) is 35.1 Å². The molecule has 7 heteroatoms. The average Bonchev–Trinajstić information content (AvgIpc) is 3.18. The third-order valence-electron chi connectivity index (χ3n) is 5.05. The molecule has 0 aliphatic heterocycles. The van der Waals surface area contributed by atoms with E-state index in [9.17, 15) is 4.79 Å². The van der Waals surface area contributed by atoms with Crippen molar-refractivity contribution in [3.8, 4) is 5.75 Å². The molecule has 0 bridgehead atoms. The van der Waals surface area contributed by atoms with Gasteiger partial charge in [-0.05, 0) is 80.8 Å². The molecule has 2 aromatic heterocycles. The predicted octanol–water partition coefficient (Wildman–Crippen LogP) is 6.35. The quantitative estimate of drug-likeness (QED) is 0.333. The smallest absolute Gasteiger partial charge is 0.272 e. The number of hydrogen-bond acceptors (Lipinski definition) is 5. The van der Waals surface area contributed by atoms with Gasteiger partial charge in [-0.25, -0.2) is 4.98 Å². The first-order valence-corrected chi connectivity index (χ1v) is 11.5. The Morgan fingerprint density at radius 2 is 1.91 bits per heavy atom. The fraction of sp³-hybridized carbons (Fsp3) is 0.240. The molecule has 0 fully saturated rings. The van der Waals surface area contributed by atoms with Crippen LogP contribution in [0.25, 0.3) is 10.2 Å². The van der Waals surface area contributed by atoms with E-state index in [1.54, 1.807) is 55.4 Å². The van der Waals surface area contributed by atoms with Crippen molar-refractivity contribution < 1.29 is 9.53 Å². The van der Waals surface area contributed by atoms with Crippen LogP contribution in [0.4, 0.5) is 5.13 Å². The highest BCUT2D eigenvalue weighted by Crippen LogP contribution is 2.34. The van der Waals surface area contributed by atoms with E-state index in [1.165, 1.54) is 11.3 Å². The summed E-state index contributed by atoms with van der Waals surface area (Å²) < 4.78 is 7.16. The highest BCUT2D eigenvalue weighted by molar-refractivity contribution is 7.22. The van der Waals surface area contributed by atoms with Crippen LogP contribution in [-0.4, -0.2) is 21.5 Å². The molecule has 0 unspecified atom stereocenters. The Bertz CT molecular complexity index is 1250. The highest BCUT2D eigenvalue weighted by Gasteiger charge is 2.36. The second-order valence-electron chi connectivity index (χ2n) is 8.25. The number of hydrogen-bond donors (Lipinski definition) is 0. The van der Waals surface area contributed by atoms with E-state index in [0.29, 0.717) is 22.4 Å². The molecule has 4 aromatic rings. The van der Waals surface area contributed by atoms with Gasteiger partial charge in [0.15, 0.2) is 10.7 Å². The van der Waals surface area contributed by atoms with Crippen LogP contribution in [-0.2, 0) is 11.3 Å². The maximum Gasteiger partial charge on any atom is 0.272 e. The van der Waals surface area contributed by atoms with Crippen molar-refractivity contribution in [2.24, 2.45) is 0 Å². The van der Waals surface area contributed by atoms with Crippen LogP contribution in [0.3, 0.4) is 0 Å². The van der Waals surface area contributed by atoms with Crippen LogP contribution in [0.2, 0.25) is 5.02 Å². The van der Waals surface area contributed by atoms with Crippen LogP contribution < -0.4 is 9.64 Å². The molecule has 0 aliphatic rings. The average molecular weight is 466 g/mol. The van der Waals surface area contributed by atoms with E-state index in [-0.39, 0.29) is 5.91 Å². The monoisotopic (exact) mass is 465 g/mol. The topological polar surface area (TPSA) is 55.3 Å². The molecule has 0 saturated carbocycles. The first-order valence-electron chi connectivity index (χ1n) is 10.3. The zero-order valence-electron chi connectivity index (χ0n) is 18.4. The fourth-order valence-corrected chi connectivity index (χ4v) is 4.69. The minimum absolute atomic E-state index is 0.190. The standard InChI is InChI=1S/C25H24ClN3O2S/c1-16-12-17(2)22-21(13-16)28-24(32-22)29(15-18-6-5-11-27-14-18)23(30)25(3,4)31-20-9-7-19(26)8-10-20/h5-14H,15H2,1-4H3. The lowest BCUT2D eigenvalue weighted by atomic mass is 10.1. The number of carbonyl (C=O) groups excluding carboxylic acids is 1. The number of nitrogens with zero attached hydrogens (tertiary/aromatic N) is 3. The van der Waals surface area contributed by atoms with E-state index in [1.807, 2.05) is 25.1 Å². The Balaban J connectivity index is 1.72. The fourth-order valence-electron chi connectivity index (χ4n) is 3.55. The molecule has 0 spiro atoms. The molecule has 32 heavy (non-hydrogen) atoms. The number of aromatic nitrogens is 2. The largest absolute Gasteiger partial charge is 0.478 e. The Hall–Kier alpha value is -2.96. The lowest BCUT2D eigenvalue weighted by Crippen LogP contribution is -2.48. The van der Waals surface area contributed by atoms with Crippen molar-refractivity contribution in [2.75, 3.05) is 4.90 Å². The minimum atomic E-state index is -1.13. The van der Waals surface area contributed by atoms with Crippen molar-refractivity contribution in [3.05, 3.63) is 82.6 Å². The predicted molar refractivity (Wildman–Crippen MR) is 131 cm³/mol. The van der Waals surface area contributed by atoms with Gasteiger partial charge in [-0.2, -0.15) is 0 Å². The van der Waals surface area contributed by atoms with Gasteiger partial charge < -0.3 is 4.74 Å². The molecular weight excluding hydrogens is 442 g/mol. The molecule has 0 atom stereocenters. The van der Waals surface area contributed by atoms with Crippen LogP contribution in [0.15, 0.2) is 60.9 Å². The number of benzene rings is 2. The van der Waals surface area contributed by atoms with Crippen LogP contribution >= 0.6 is 22.9 Å². The van der Waals surface area contributed by atoms with Crippen molar-refractivity contribution in [1.29, 1.82) is 0 Å². The number of rotatable bonds is 6. The highest BCUT2D eigenvalue weighted by atomic mass is 35.5. The van der Waals surface area contributed by atoms with Gasteiger partial charge in [0, 0.05) is 17.4 Å². The summed E-state index contributed by atoms with van der Waals surface area (Å²) in [6.07, 6.45) is 3.48. The second-order valence-corrected chi connectivity index (χ2v) is 9.66. The summed E-state index contributed by atoms with van der Waals surface area (Å²) in [7, 11) is 0. The number of ether oxygens (including phenoxy) is 1. The summed E-state index contributed by atoms with van der Waals surface area (Å²) in [5, 5.41) is 1.25. The Kier molecular flexibility index (Phi) is 6.17. The van der Waals surface area contributed by atoms with E-state index in [4.69, 9.17) is 21.3 Å². The summed E-state index contributed by atoms with van der Waals surface area (Å²) in [6.45, 7) is 8.00. The van der Waals surface area contributed by atoms with E-state index in [2.05, 4.69) is 18.0 Å². The summed E-state index contributed by atoms with van der Waals surface area (Å²) in [6, 6.07) is 15.0. The van der Waals surface area contributed by atoms with E-state index in [0.717, 1.165) is 26.9 Å². The normalized spacial score (nSPS) is 11.5. The third kappa shape index (κ3) is 4.76. The van der Waals surface area contributed by atoms with Crippen molar-refractivity contribution in [2.45, 2.75) is 39.8 Å². The van der Waals surface area contributed by atoms with Crippen LogP contribution in [0.5, 0.6) is 5.75 Å². The van der Waals surface area contributed by atoms with Gasteiger partial charge in [-0.3, -0.25) is 14.7 Å². The summed E-state index contributed by atoms with van der Waals surface area (Å²) in [5.41, 5.74) is 2.97. The zero-order valence-corrected chi connectivity index (χ0v) is 20.0. The molecule has 4 rings (SSSR count). The second kappa shape index (κ2) is 8.88. The number of aryl methyl sites for hydroxylation is 2.